The smallest absolute Gasteiger partial charge is 0.154 e. The number of anilines is 1. The van der Waals surface area contributed by atoms with Crippen molar-refractivity contribution in [3.8, 4) is 11.3 Å². The summed E-state index contributed by atoms with van der Waals surface area (Å²) in [7, 11) is 3.37. The van der Waals surface area contributed by atoms with Crippen LogP contribution in [0, 0.1) is 11.6 Å². The highest BCUT2D eigenvalue weighted by molar-refractivity contribution is 5.69. The summed E-state index contributed by atoms with van der Waals surface area (Å²) in [5.41, 5.74) is 1.96. The molecule has 1 heterocycles. The second-order valence-corrected chi connectivity index (χ2v) is 6.02. The quantitative estimate of drug-likeness (QED) is 0.909. The maximum atomic E-state index is 13.6. The molecule has 0 aliphatic heterocycles. The zero-order valence-corrected chi connectivity index (χ0v) is 13.4. The molecular weight excluding hydrogens is 300 g/mol. The number of nitrogens with one attached hydrogen (secondary N) is 1. The van der Waals surface area contributed by atoms with E-state index in [1.807, 2.05) is 0 Å². The number of methoxy groups -OCH3 is 1. The highest BCUT2D eigenvalue weighted by Crippen LogP contribution is 2.32. The minimum atomic E-state index is -0.602. The van der Waals surface area contributed by atoms with Crippen LogP contribution >= 0.6 is 0 Å². The first-order chi connectivity index (χ1) is 11.1. The maximum absolute atomic E-state index is 13.6. The first kappa shape index (κ1) is 15.9. The van der Waals surface area contributed by atoms with Crippen molar-refractivity contribution < 1.29 is 13.5 Å². The Kier molecular flexibility index (Phi) is 4.61. The minimum Gasteiger partial charge on any atom is -0.380 e. The van der Waals surface area contributed by atoms with Gasteiger partial charge in [0.1, 0.15) is 11.6 Å². The number of aryl methyl sites for hydroxylation is 1. The van der Waals surface area contributed by atoms with E-state index in [0.717, 1.165) is 30.3 Å². The number of hydrogen-bond donors (Lipinski definition) is 1. The first-order valence-electron chi connectivity index (χ1n) is 7.86. The molecule has 0 spiro atoms. The fraction of sp³-hybridized carbons (Fsp3) is 0.471. The molecule has 23 heavy (non-hydrogen) atoms. The van der Waals surface area contributed by atoms with Gasteiger partial charge in [0.05, 0.1) is 12.3 Å². The van der Waals surface area contributed by atoms with Gasteiger partial charge in [0.2, 0.25) is 0 Å². The lowest BCUT2D eigenvalue weighted by Gasteiger charge is -2.13. The molecule has 1 aliphatic carbocycles. The Hall–Kier alpha value is -1.95. The second kappa shape index (κ2) is 6.66. The largest absolute Gasteiger partial charge is 0.380 e. The van der Waals surface area contributed by atoms with Crippen molar-refractivity contribution in [3.63, 3.8) is 0 Å². The third-order valence-corrected chi connectivity index (χ3v) is 4.27. The number of rotatable bonds is 5. The van der Waals surface area contributed by atoms with Crippen LogP contribution in [-0.4, -0.2) is 22.9 Å². The molecule has 124 valence electrons. The minimum absolute atomic E-state index is 0.330. The van der Waals surface area contributed by atoms with Crippen LogP contribution in [0.15, 0.2) is 18.2 Å². The summed E-state index contributed by atoms with van der Waals surface area (Å²) >= 11 is 0. The van der Waals surface area contributed by atoms with Gasteiger partial charge < -0.3 is 10.1 Å². The fourth-order valence-electron chi connectivity index (χ4n) is 3.28. The normalized spacial score (nSPS) is 15.3. The van der Waals surface area contributed by atoms with Crippen LogP contribution in [0.3, 0.4) is 0 Å². The van der Waals surface area contributed by atoms with Gasteiger partial charge >= 0.3 is 0 Å². The van der Waals surface area contributed by atoms with Gasteiger partial charge in [-0.25, -0.2) is 8.78 Å². The standard InChI is InChI=1S/C17H21F2N3O/c1-22-16(11-7-12(18)9-13(19)8-11)15(10-23-2)17(21-22)20-14-5-3-4-6-14/h7-9,14H,3-6,10H2,1-2H3,(H,20,21). The van der Waals surface area contributed by atoms with Crippen molar-refractivity contribution >= 4 is 5.82 Å². The Labute approximate surface area is 134 Å². The van der Waals surface area contributed by atoms with E-state index in [9.17, 15) is 8.78 Å². The summed E-state index contributed by atoms with van der Waals surface area (Å²) in [6.07, 6.45) is 4.66. The fourth-order valence-corrected chi connectivity index (χ4v) is 3.28. The summed E-state index contributed by atoms with van der Waals surface area (Å²) in [5, 5.41) is 7.96. The van der Waals surface area contributed by atoms with Crippen LogP contribution in [-0.2, 0) is 18.4 Å². The molecule has 3 rings (SSSR count). The van der Waals surface area contributed by atoms with Gasteiger partial charge in [-0.05, 0) is 25.0 Å². The van der Waals surface area contributed by atoms with Gasteiger partial charge in [-0.3, -0.25) is 4.68 Å². The summed E-state index contributed by atoms with van der Waals surface area (Å²) in [6.45, 7) is 0.330. The van der Waals surface area contributed by atoms with E-state index in [1.165, 1.54) is 25.0 Å². The summed E-state index contributed by atoms with van der Waals surface area (Å²) in [4.78, 5) is 0. The Balaban J connectivity index is 2.02. The molecule has 1 aromatic heterocycles. The highest BCUT2D eigenvalue weighted by Gasteiger charge is 2.22. The van der Waals surface area contributed by atoms with E-state index in [4.69, 9.17) is 4.74 Å². The van der Waals surface area contributed by atoms with E-state index < -0.39 is 11.6 Å². The Morgan fingerprint density at radius 3 is 2.48 bits per heavy atom. The topological polar surface area (TPSA) is 39.1 Å². The predicted octanol–water partition coefficient (Wildman–Crippen LogP) is 3.87. The van der Waals surface area contributed by atoms with Crippen molar-refractivity contribution in [2.45, 2.75) is 38.3 Å². The van der Waals surface area contributed by atoms with Crippen LogP contribution in [0.2, 0.25) is 0 Å². The van der Waals surface area contributed by atoms with Crippen molar-refractivity contribution in [2.24, 2.45) is 7.05 Å². The lowest BCUT2D eigenvalue weighted by molar-refractivity contribution is 0.185. The van der Waals surface area contributed by atoms with E-state index in [2.05, 4.69) is 10.4 Å². The molecule has 0 radical (unpaired) electrons. The average Bonchev–Trinajstić information content (AvgIpc) is 3.07. The van der Waals surface area contributed by atoms with Crippen LogP contribution in [0.1, 0.15) is 31.2 Å². The molecule has 0 amide bonds. The third-order valence-electron chi connectivity index (χ3n) is 4.27. The van der Waals surface area contributed by atoms with Crippen molar-refractivity contribution in [1.82, 2.24) is 9.78 Å². The predicted molar refractivity (Wildman–Crippen MR) is 85.2 cm³/mol. The van der Waals surface area contributed by atoms with Gasteiger partial charge in [-0.15, -0.1) is 0 Å². The van der Waals surface area contributed by atoms with E-state index in [0.29, 0.717) is 23.9 Å². The van der Waals surface area contributed by atoms with Gasteiger partial charge in [0.25, 0.3) is 0 Å². The zero-order chi connectivity index (χ0) is 16.4. The van der Waals surface area contributed by atoms with Crippen LogP contribution in [0.4, 0.5) is 14.6 Å². The third kappa shape index (κ3) is 3.37. The lowest BCUT2D eigenvalue weighted by atomic mass is 10.1. The molecule has 2 aromatic rings. The highest BCUT2D eigenvalue weighted by atomic mass is 19.1. The van der Waals surface area contributed by atoms with Crippen LogP contribution in [0.25, 0.3) is 11.3 Å². The molecule has 1 aliphatic rings. The number of ether oxygens (including phenoxy) is 1. The van der Waals surface area contributed by atoms with Gasteiger partial charge in [0.15, 0.2) is 5.82 Å². The molecule has 1 fully saturated rings. The Morgan fingerprint density at radius 2 is 1.87 bits per heavy atom. The molecule has 0 saturated heterocycles. The van der Waals surface area contributed by atoms with Crippen molar-refractivity contribution in [2.75, 3.05) is 12.4 Å². The lowest BCUT2D eigenvalue weighted by Crippen LogP contribution is -2.16. The van der Waals surface area contributed by atoms with E-state index >= 15 is 0 Å². The number of benzene rings is 1. The number of aromatic nitrogens is 2. The number of hydrogen-bond acceptors (Lipinski definition) is 3. The molecule has 1 saturated carbocycles. The number of nitrogens with zero attached hydrogens (tertiary/aromatic N) is 2. The molecule has 1 N–H and O–H groups in total. The zero-order valence-electron chi connectivity index (χ0n) is 13.4. The monoisotopic (exact) mass is 321 g/mol. The van der Waals surface area contributed by atoms with E-state index in [-0.39, 0.29) is 0 Å². The molecule has 0 bridgehead atoms. The van der Waals surface area contributed by atoms with Crippen LogP contribution < -0.4 is 5.32 Å². The summed E-state index contributed by atoms with van der Waals surface area (Å²) in [6, 6.07) is 3.91. The Morgan fingerprint density at radius 1 is 1.22 bits per heavy atom. The van der Waals surface area contributed by atoms with E-state index in [1.54, 1.807) is 18.8 Å². The maximum Gasteiger partial charge on any atom is 0.154 e. The summed E-state index contributed by atoms with van der Waals surface area (Å²) < 4.78 is 34.1. The van der Waals surface area contributed by atoms with Gasteiger partial charge in [-0.2, -0.15) is 5.10 Å². The Bertz CT molecular complexity index is 673. The molecule has 1 aromatic carbocycles. The van der Waals surface area contributed by atoms with Crippen LogP contribution in [0.5, 0.6) is 0 Å². The number of halogens is 2. The molecule has 0 unspecified atom stereocenters. The van der Waals surface area contributed by atoms with Crippen molar-refractivity contribution in [3.05, 3.63) is 35.4 Å². The average molecular weight is 321 g/mol. The SMILES string of the molecule is COCc1c(NC2CCCC2)nn(C)c1-c1cc(F)cc(F)c1. The van der Waals surface area contributed by atoms with Crippen molar-refractivity contribution in [1.29, 1.82) is 0 Å². The molecule has 0 atom stereocenters. The second-order valence-electron chi connectivity index (χ2n) is 6.02. The molecule has 6 heteroatoms. The molecule has 4 nitrogen and oxygen atoms in total. The molecular formula is C17H21F2N3O. The van der Waals surface area contributed by atoms with Gasteiger partial charge in [-0.1, -0.05) is 12.8 Å². The summed E-state index contributed by atoms with van der Waals surface area (Å²) in [5.74, 6) is -0.467. The van der Waals surface area contributed by atoms with Gasteiger partial charge in [0, 0.05) is 37.4 Å². The first-order valence-corrected chi connectivity index (χ1v) is 7.86.